The van der Waals surface area contributed by atoms with E-state index in [1.54, 1.807) is 20.8 Å². The van der Waals surface area contributed by atoms with Crippen LogP contribution >= 0.6 is 0 Å². The lowest BCUT2D eigenvalue weighted by molar-refractivity contribution is -0.137. The molecule has 1 amide bonds. The maximum atomic E-state index is 11.8. The van der Waals surface area contributed by atoms with Gasteiger partial charge in [0.25, 0.3) is 0 Å². The molecular weight excluding hydrogens is 251 g/mol. The van der Waals surface area contributed by atoms with Gasteiger partial charge in [0.15, 0.2) is 5.78 Å². The van der Waals surface area contributed by atoms with Crippen LogP contribution in [0.1, 0.15) is 40.0 Å². The number of Topliss-reactive ketones (excluding diaryl/α,β-unsaturated/α-hetero) is 1. The maximum Gasteiger partial charge on any atom is 0.408 e. The lowest BCUT2D eigenvalue weighted by Crippen LogP contribution is -2.35. The minimum Gasteiger partial charge on any atom is -0.444 e. The SMILES string of the molecule is CC(C)(C)OC(=O)NCC(=O)CCCC(F)(F)F. The van der Waals surface area contributed by atoms with Crippen LogP contribution in [0.25, 0.3) is 0 Å². The first-order chi connectivity index (χ1) is 7.99. The first-order valence-corrected chi connectivity index (χ1v) is 5.55. The van der Waals surface area contributed by atoms with E-state index >= 15 is 0 Å². The summed E-state index contributed by atoms with van der Waals surface area (Å²) in [4.78, 5) is 22.3. The van der Waals surface area contributed by atoms with E-state index in [4.69, 9.17) is 4.74 Å². The fourth-order valence-corrected chi connectivity index (χ4v) is 1.06. The number of carbonyl (C=O) groups is 2. The highest BCUT2D eigenvalue weighted by Gasteiger charge is 2.26. The fraction of sp³-hybridized carbons (Fsp3) is 0.818. The Bertz CT molecular complexity index is 295. The summed E-state index contributed by atoms with van der Waals surface area (Å²) in [6, 6.07) is 0. The second kappa shape index (κ2) is 6.61. The van der Waals surface area contributed by atoms with Gasteiger partial charge in [-0.2, -0.15) is 13.2 Å². The number of ketones is 1. The van der Waals surface area contributed by atoms with Crippen molar-refractivity contribution in [3.63, 3.8) is 0 Å². The molecule has 18 heavy (non-hydrogen) atoms. The molecule has 0 aromatic carbocycles. The van der Waals surface area contributed by atoms with Crippen molar-refractivity contribution in [1.29, 1.82) is 0 Å². The molecule has 0 aliphatic heterocycles. The molecule has 0 fully saturated rings. The molecule has 0 radical (unpaired) electrons. The number of alkyl carbamates (subject to hydrolysis) is 1. The lowest BCUT2D eigenvalue weighted by Gasteiger charge is -2.19. The summed E-state index contributed by atoms with van der Waals surface area (Å²) in [7, 11) is 0. The van der Waals surface area contributed by atoms with Crippen LogP contribution in [0, 0.1) is 0 Å². The van der Waals surface area contributed by atoms with Crippen LogP contribution in [0.4, 0.5) is 18.0 Å². The van der Waals surface area contributed by atoms with Gasteiger partial charge in [0.2, 0.25) is 0 Å². The van der Waals surface area contributed by atoms with Crippen molar-refractivity contribution in [2.45, 2.75) is 51.8 Å². The predicted molar refractivity (Wildman–Crippen MR) is 59.1 cm³/mol. The molecule has 0 aliphatic carbocycles. The average molecular weight is 269 g/mol. The van der Waals surface area contributed by atoms with Crippen molar-refractivity contribution in [1.82, 2.24) is 5.32 Å². The van der Waals surface area contributed by atoms with Crippen molar-refractivity contribution >= 4 is 11.9 Å². The Kier molecular flexibility index (Phi) is 6.14. The molecule has 106 valence electrons. The second-order valence-corrected chi connectivity index (χ2v) is 4.86. The molecule has 0 aromatic rings. The van der Waals surface area contributed by atoms with E-state index in [0.717, 1.165) is 0 Å². The number of carbonyl (C=O) groups excluding carboxylic acids is 2. The summed E-state index contributed by atoms with van der Waals surface area (Å²) in [6.45, 7) is 4.68. The van der Waals surface area contributed by atoms with Gasteiger partial charge in [-0.05, 0) is 27.2 Å². The van der Waals surface area contributed by atoms with Crippen molar-refractivity contribution in [3.05, 3.63) is 0 Å². The molecule has 0 aliphatic rings. The molecular formula is C11H18F3NO3. The van der Waals surface area contributed by atoms with Crippen molar-refractivity contribution in [2.24, 2.45) is 0 Å². The molecule has 0 spiro atoms. The number of halogens is 3. The zero-order chi connectivity index (χ0) is 14.4. The van der Waals surface area contributed by atoms with E-state index in [0.29, 0.717) is 0 Å². The lowest BCUT2D eigenvalue weighted by atomic mass is 10.2. The van der Waals surface area contributed by atoms with Crippen molar-refractivity contribution in [3.8, 4) is 0 Å². The van der Waals surface area contributed by atoms with Crippen molar-refractivity contribution < 1.29 is 27.5 Å². The minimum atomic E-state index is -4.25. The Morgan fingerprint density at radius 3 is 2.17 bits per heavy atom. The Morgan fingerprint density at radius 2 is 1.72 bits per heavy atom. The van der Waals surface area contributed by atoms with Gasteiger partial charge in [-0.15, -0.1) is 0 Å². The number of amides is 1. The fourth-order valence-electron chi connectivity index (χ4n) is 1.06. The molecule has 0 rings (SSSR count). The van der Waals surface area contributed by atoms with Gasteiger partial charge in [0, 0.05) is 12.8 Å². The van der Waals surface area contributed by atoms with Crippen LogP contribution in [-0.4, -0.2) is 30.2 Å². The van der Waals surface area contributed by atoms with Crippen LogP contribution in [-0.2, 0) is 9.53 Å². The molecule has 7 heteroatoms. The quantitative estimate of drug-likeness (QED) is 0.835. The average Bonchev–Trinajstić information content (AvgIpc) is 2.09. The van der Waals surface area contributed by atoms with E-state index in [1.807, 2.05) is 0 Å². The monoisotopic (exact) mass is 269 g/mol. The van der Waals surface area contributed by atoms with E-state index in [-0.39, 0.29) is 19.4 Å². The van der Waals surface area contributed by atoms with Crippen LogP contribution in [0.5, 0.6) is 0 Å². The van der Waals surface area contributed by atoms with Gasteiger partial charge in [-0.1, -0.05) is 0 Å². The molecule has 0 saturated carbocycles. The number of hydrogen-bond acceptors (Lipinski definition) is 3. The molecule has 1 N–H and O–H groups in total. The zero-order valence-electron chi connectivity index (χ0n) is 10.7. The number of alkyl halides is 3. The topological polar surface area (TPSA) is 55.4 Å². The zero-order valence-corrected chi connectivity index (χ0v) is 10.7. The first kappa shape index (κ1) is 16.7. The molecule has 0 heterocycles. The van der Waals surface area contributed by atoms with E-state index in [1.165, 1.54) is 0 Å². The van der Waals surface area contributed by atoms with Gasteiger partial charge in [0.05, 0.1) is 6.54 Å². The second-order valence-electron chi connectivity index (χ2n) is 4.86. The normalized spacial score (nSPS) is 12.1. The molecule has 4 nitrogen and oxygen atoms in total. The van der Waals surface area contributed by atoms with E-state index in [9.17, 15) is 22.8 Å². The summed E-state index contributed by atoms with van der Waals surface area (Å²) in [5.41, 5.74) is -0.677. The smallest absolute Gasteiger partial charge is 0.408 e. The molecule has 0 unspecified atom stereocenters. The third-order valence-electron chi connectivity index (χ3n) is 1.74. The largest absolute Gasteiger partial charge is 0.444 e. The molecule has 0 bridgehead atoms. The number of rotatable bonds is 5. The van der Waals surface area contributed by atoms with Gasteiger partial charge >= 0.3 is 12.3 Å². The third kappa shape index (κ3) is 11.2. The van der Waals surface area contributed by atoms with E-state index in [2.05, 4.69) is 5.32 Å². The van der Waals surface area contributed by atoms with Gasteiger partial charge in [-0.3, -0.25) is 4.79 Å². The first-order valence-electron chi connectivity index (χ1n) is 5.55. The minimum absolute atomic E-state index is 0.213. The van der Waals surface area contributed by atoms with Gasteiger partial charge < -0.3 is 10.1 Å². The highest BCUT2D eigenvalue weighted by Crippen LogP contribution is 2.22. The van der Waals surface area contributed by atoms with Crippen molar-refractivity contribution in [2.75, 3.05) is 6.54 Å². The Balaban J connectivity index is 3.75. The molecule has 0 atom stereocenters. The highest BCUT2D eigenvalue weighted by molar-refractivity contribution is 5.83. The van der Waals surface area contributed by atoms with Gasteiger partial charge in [-0.25, -0.2) is 4.79 Å². The molecule has 0 aromatic heterocycles. The maximum absolute atomic E-state index is 11.8. The Hall–Kier alpha value is -1.27. The summed E-state index contributed by atoms with van der Waals surface area (Å²) in [6.07, 6.45) is -6.48. The highest BCUT2D eigenvalue weighted by atomic mass is 19.4. The van der Waals surface area contributed by atoms with E-state index < -0.39 is 30.1 Å². The number of hydrogen-bond donors (Lipinski definition) is 1. The van der Waals surface area contributed by atoms with Crippen LogP contribution < -0.4 is 5.32 Å². The van der Waals surface area contributed by atoms with Crippen LogP contribution in [0.2, 0.25) is 0 Å². The number of ether oxygens (including phenoxy) is 1. The third-order valence-corrected chi connectivity index (χ3v) is 1.74. The molecule has 0 saturated heterocycles. The summed E-state index contributed by atoms with van der Waals surface area (Å²) in [5.74, 6) is -0.454. The van der Waals surface area contributed by atoms with Crippen LogP contribution in [0.15, 0.2) is 0 Å². The predicted octanol–water partition coefficient (Wildman–Crippen LogP) is 2.81. The summed E-state index contributed by atoms with van der Waals surface area (Å²) < 4.78 is 40.3. The standard InChI is InChI=1S/C11H18F3NO3/c1-10(2,3)18-9(17)15-7-8(16)5-4-6-11(12,13)14/h4-7H2,1-3H3,(H,15,17). The van der Waals surface area contributed by atoms with Crippen LogP contribution in [0.3, 0.4) is 0 Å². The summed E-state index contributed by atoms with van der Waals surface area (Å²) in [5, 5.41) is 2.19. The van der Waals surface area contributed by atoms with Gasteiger partial charge in [0.1, 0.15) is 5.60 Å². The Morgan fingerprint density at radius 1 is 1.17 bits per heavy atom. The number of nitrogens with one attached hydrogen (secondary N) is 1. The Labute approximate surface area is 104 Å². The summed E-state index contributed by atoms with van der Waals surface area (Å²) >= 11 is 0.